The molecular weight excluding hydrogens is 842 g/mol. The van der Waals surface area contributed by atoms with Gasteiger partial charge in [0.25, 0.3) is 0 Å². The minimum absolute atomic E-state index is 0.00108. The molecule has 0 unspecified atom stereocenters. The summed E-state index contributed by atoms with van der Waals surface area (Å²) in [7, 11) is 0. The number of alkyl carbamates (subject to hydrolysis) is 2. The first kappa shape index (κ1) is 47.1. The third-order valence-corrected chi connectivity index (χ3v) is 10.5. The summed E-state index contributed by atoms with van der Waals surface area (Å²) in [5.74, 6) is -13.8. The number of nitrogens with zero attached hydrogens (tertiary/aromatic N) is 1. The van der Waals surface area contributed by atoms with Gasteiger partial charge in [-0.1, -0.05) is 60.1 Å². The summed E-state index contributed by atoms with van der Waals surface area (Å²) in [6.07, 6.45) is -0.893. The van der Waals surface area contributed by atoms with Gasteiger partial charge in [0.15, 0.2) is 11.6 Å². The van der Waals surface area contributed by atoms with Crippen molar-refractivity contribution in [1.29, 1.82) is 0 Å². The van der Waals surface area contributed by atoms with Crippen molar-refractivity contribution >= 4 is 47.5 Å². The molecule has 4 N–H and O–H groups in total. The fourth-order valence-corrected chi connectivity index (χ4v) is 7.30. The summed E-state index contributed by atoms with van der Waals surface area (Å²) in [6, 6.07) is 10.3. The summed E-state index contributed by atoms with van der Waals surface area (Å²) in [4.78, 5) is 79.7. The third kappa shape index (κ3) is 11.3. The molecule has 5 rings (SSSR count). The lowest BCUT2D eigenvalue weighted by molar-refractivity contribution is -0.148. The number of hydrogen-bond donors (Lipinski definition) is 4. The van der Waals surface area contributed by atoms with Crippen LogP contribution in [0.3, 0.4) is 0 Å². The summed E-state index contributed by atoms with van der Waals surface area (Å²) in [5.41, 5.74) is 3.33. The number of hydrogen-bond acceptors (Lipinski definition) is 9. The fraction of sp³-hybridized carbons (Fsp3) is 0.442. The smallest absolute Gasteiger partial charge is 0.407 e. The van der Waals surface area contributed by atoms with Crippen molar-refractivity contribution in [3.8, 4) is 16.9 Å². The van der Waals surface area contributed by atoms with E-state index in [2.05, 4.69) is 21.3 Å². The van der Waals surface area contributed by atoms with E-state index in [1.807, 2.05) is 48.5 Å². The second kappa shape index (κ2) is 20.3. The summed E-state index contributed by atoms with van der Waals surface area (Å²) in [6.45, 7) is 7.87. The average molecular weight is 890 g/mol. The number of fused-ring (bicyclic) bond motifs is 3. The number of nitrogens with one attached hydrogen (secondary N) is 4. The lowest BCUT2D eigenvalue weighted by Crippen LogP contribution is -2.57. The molecule has 334 valence electrons. The van der Waals surface area contributed by atoms with Crippen LogP contribution < -0.4 is 26.0 Å². The van der Waals surface area contributed by atoms with Gasteiger partial charge >= 0.3 is 18.2 Å². The Morgan fingerprint density at radius 2 is 1.35 bits per heavy atom. The highest BCUT2D eigenvalue weighted by atomic mass is 35.5. The van der Waals surface area contributed by atoms with Crippen LogP contribution in [0.5, 0.6) is 5.75 Å². The number of carbonyl (C=O) groups excluding carboxylic acids is 6. The van der Waals surface area contributed by atoms with Gasteiger partial charge < -0.3 is 40.4 Å². The first-order valence-corrected chi connectivity index (χ1v) is 20.4. The number of likely N-dealkylation sites (tertiary alicyclic amines) is 1. The van der Waals surface area contributed by atoms with E-state index in [9.17, 15) is 46.3 Å². The zero-order valence-electron chi connectivity index (χ0n) is 34.7. The van der Waals surface area contributed by atoms with Crippen molar-refractivity contribution in [2.75, 3.05) is 19.7 Å². The van der Waals surface area contributed by atoms with Crippen LogP contribution >= 0.6 is 11.6 Å². The van der Waals surface area contributed by atoms with Crippen molar-refractivity contribution in [2.24, 2.45) is 0 Å². The Morgan fingerprint density at radius 3 is 1.95 bits per heavy atom. The number of amides is 5. The quantitative estimate of drug-likeness (QED) is 0.0335. The topological polar surface area (TPSA) is 181 Å². The zero-order chi connectivity index (χ0) is 45.5. The largest absolute Gasteiger partial charge is 0.449 e. The highest BCUT2D eigenvalue weighted by molar-refractivity contribution is 6.31. The van der Waals surface area contributed by atoms with Gasteiger partial charge in [-0.05, 0) is 89.0 Å². The molecule has 1 heterocycles. The molecular formula is C43H48ClF4N5O9. The molecule has 3 aromatic carbocycles. The number of unbranched alkanes of at least 4 members (excludes halogenated alkanes) is 1. The average Bonchev–Trinajstić information content (AvgIpc) is 3.85. The second-order valence-electron chi connectivity index (χ2n) is 15.9. The maximum Gasteiger partial charge on any atom is 0.407 e. The third-order valence-electron chi connectivity index (χ3n) is 10.2. The van der Waals surface area contributed by atoms with Gasteiger partial charge in [0, 0.05) is 19.0 Å². The molecule has 3 aromatic rings. The normalized spacial score (nSPS) is 16.0. The predicted molar refractivity (Wildman–Crippen MR) is 217 cm³/mol. The van der Waals surface area contributed by atoms with Gasteiger partial charge in [0.2, 0.25) is 35.1 Å². The molecule has 14 nitrogen and oxygen atoms in total. The van der Waals surface area contributed by atoms with Crippen molar-refractivity contribution in [3.05, 3.63) is 87.9 Å². The van der Waals surface area contributed by atoms with Gasteiger partial charge in [0.05, 0.1) is 0 Å². The van der Waals surface area contributed by atoms with Gasteiger partial charge in [-0.15, -0.1) is 0 Å². The molecule has 0 radical (unpaired) electrons. The number of rotatable bonds is 15. The Hall–Kier alpha value is -5.91. The molecule has 62 heavy (non-hydrogen) atoms. The van der Waals surface area contributed by atoms with E-state index in [1.54, 1.807) is 20.8 Å². The van der Waals surface area contributed by atoms with Crippen molar-refractivity contribution < 1.29 is 60.5 Å². The molecule has 0 aromatic heterocycles. The van der Waals surface area contributed by atoms with Crippen molar-refractivity contribution in [1.82, 2.24) is 26.2 Å². The van der Waals surface area contributed by atoms with Crippen molar-refractivity contribution in [3.63, 3.8) is 0 Å². The molecule has 0 bridgehead atoms. The molecule has 4 atom stereocenters. The van der Waals surface area contributed by atoms with E-state index in [4.69, 9.17) is 25.8 Å². The van der Waals surface area contributed by atoms with Crippen LogP contribution in [0, 0.1) is 23.3 Å². The molecule has 1 saturated heterocycles. The molecule has 2 aliphatic rings. The Bertz CT molecular complexity index is 2130. The maximum absolute atomic E-state index is 14.5. The van der Waals surface area contributed by atoms with Gasteiger partial charge in [-0.25, -0.2) is 23.2 Å². The number of benzene rings is 3. The van der Waals surface area contributed by atoms with E-state index < -0.39 is 99.7 Å². The minimum Gasteiger partial charge on any atom is -0.449 e. The minimum atomic E-state index is -2.05. The van der Waals surface area contributed by atoms with E-state index in [1.165, 1.54) is 13.8 Å². The summed E-state index contributed by atoms with van der Waals surface area (Å²) < 4.78 is 72.7. The standard InChI is InChI=1S/C43H48ClF4N5O9/c1-22(50-37(54)23(2)51-42(59)60-21-28-26-15-8-6-13-24(26)25-14-7-9-16-27(25)28)38(55)52-29(17-10-11-19-49-41(58)62-43(3,4)5)39(56)53-20-12-18-30(53)40(57)61-36-34(47)32(45)31(44)33(46)35(36)48/h6-9,13-16,22-23,28-30H,10-12,17-21H2,1-5H3,(H,49,58)(H,50,54)(H,51,59)(H,52,55)/t22-,23-,29-,30-/m0/s1. The molecule has 0 saturated carbocycles. The highest BCUT2D eigenvalue weighted by Gasteiger charge is 2.40. The van der Waals surface area contributed by atoms with E-state index >= 15 is 0 Å². The summed E-state index contributed by atoms with van der Waals surface area (Å²) in [5, 5.41) is 8.61. The SMILES string of the molecule is C[C@H](NC(=O)OCC1c2ccccc2-c2ccccc21)C(=O)N[C@@H](C)C(=O)N[C@@H](CCCCNC(=O)OC(C)(C)C)C(=O)N1CCC[C@H]1C(=O)Oc1c(F)c(F)c(Cl)c(F)c1F. The number of esters is 1. The molecule has 1 aliphatic carbocycles. The van der Waals surface area contributed by atoms with E-state index in [-0.39, 0.29) is 51.3 Å². The number of ether oxygens (including phenoxy) is 3. The molecule has 1 aliphatic heterocycles. The highest BCUT2D eigenvalue weighted by Crippen LogP contribution is 2.44. The Kier molecular flexibility index (Phi) is 15.4. The van der Waals surface area contributed by atoms with E-state index in [0.29, 0.717) is 6.42 Å². The van der Waals surface area contributed by atoms with E-state index in [0.717, 1.165) is 27.2 Å². The van der Waals surface area contributed by atoms with Gasteiger partial charge in [-0.2, -0.15) is 8.78 Å². The van der Waals surface area contributed by atoms with Crippen molar-refractivity contribution in [2.45, 2.75) is 102 Å². The zero-order valence-corrected chi connectivity index (χ0v) is 35.4. The van der Waals surface area contributed by atoms with Gasteiger partial charge in [0.1, 0.15) is 41.4 Å². The Labute approximate surface area is 360 Å². The number of halogens is 5. The van der Waals surface area contributed by atoms with Crippen LogP contribution in [-0.2, 0) is 28.7 Å². The van der Waals surface area contributed by atoms with Crippen LogP contribution in [-0.4, -0.2) is 90.2 Å². The molecule has 5 amide bonds. The van der Waals surface area contributed by atoms with Crippen LogP contribution in [0.1, 0.15) is 83.8 Å². The molecule has 0 spiro atoms. The molecule has 1 fully saturated rings. The first-order chi connectivity index (χ1) is 29.3. The lowest BCUT2D eigenvalue weighted by atomic mass is 9.98. The maximum atomic E-state index is 14.5. The lowest BCUT2D eigenvalue weighted by Gasteiger charge is -2.29. The van der Waals surface area contributed by atoms with Crippen LogP contribution in [0.15, 0.2) is 48.5 Å². The Morgan fingerprint density at radius 1 is 0.790 bits per heavy atom. The first-order valence-electron chi connectivity index (χ1n) is 20.0. The molecule has 19 heteroatoms. The second-order valence-corrected chi connectivity index (χ2v) is 16.3. The van der Waals surface area contributed by atoms with Crippen LogP contribution in [0.25, 0.3) is 11.1 Å². The number of carbonyl (C=O) groups is 6. The van der Waals surface area contributed by atoms with Gasteiger partial charge in [-0.3, -0.25) is 14.4 Å². The predicted octanol–water partition coefficient (Wildman–Crippen LogP) is 6.40. The van der Waals surface area contributed by atoms with Crippen LogP contribution in [0.4, 0.5) is 27.2 Å². The summed E-state index contributed by atoms with van der Waals surface area (Å²) >= 11 is 5.28. The Balaban J connectivity index is 1.20. The fourth-order valence-electron chi connectivity index (χ4n) is 7.14. The van der Waals surface area contributed by atoms with Crippen LogP contribution in [0.2, 0.25) is 5.02 Å². The monoisotopic (exact) mass is 889 g/mol.